The maximum Gasteiger partial charge on any atom is 0.193 e. The molecular weight excluding hydrogens is 461 g/mol. The molecule has 0 aromatic heterocycles. The fourth-order valence-corrected chi connectivity index (χ4v) is 3.60. The highest BCUT2D eigenvalue weighted by atomic mass is 127. The highest BCUT2D eigenvalue weighted by Gasteiger charge is 2.14. The number of likely N-dealkylation sites (N-methyl/N-ethyl adjacent to an activating group) is 1. The van der Waals surface area contributed by atoms with E-state index in [1.54, 1.807) is 0 Å². The molecule has 160 valence electrons. The number of aliphatic imine (C=N–C) groups is 1. The van der Waals surface area contributed by atoms with Crippen LogP contribution in [0, 0.1) is 0 Å². The number of nitrogens with one attached hydrogen (secondary N) is 1. The largest absolute Gasteiger partial charge is 0.356 e. The molecule has 1 heterocycles. The third-order valence-electron chi connectivity index (χ3n) is 5.52. The molecule has 1 saturated heterocycles. The van der Waals surface area contributed by atoms with E-state index in [0.29, 0.717) is 0 Å². The van der Waals surface area contributed by atoms with Gasteiger partial charge in [0.15, 0.2) is 5.96 Å². The Morgan fingerprint density at radius 1 is 1.00 bits per heavy atom. The van der Waals surface area contributed by atoms with Crippen LogP contribution in [0.2, 0.25) is 0 Å². The molecule has 1 aliphatic rings. The lowest BCUT2D eigenvalue weighted by atomic mass is 10.1. The van der Waals surface area contributed by atoms with Crippen LogP contribution in [0.4, 0.5) is 0 Å². The van der Waals surface area contributed by atoms with Gasteiger partial charge >= 0.3 is 0 Å². The molecule has 0 unspecified atom stereocenters. The number of halogens is 1. The van der Waals surface area contributed by atoms with Crippen LogP contribution in [0.15, 0.2) is 29.3 Å². The molecule has 0 spiro atoms. The number of unbranched alkanes of at least 4 members (excludes halogenated alkanes) is 1. The van der Waals surface area contributed by atoms with Gasteiger partial charge < -0.3 is 20.0 Å². The predicted molar refractivity (Wildman–Crippen MR) is 132 cm³/mol. The Labute approximate surface area is 189 Å². The Morgan fingerprint density at radius 3 is 2.18 bits per heavy atom. The van der Waals surface area contributed by atoms with Crippen molar-refractivity contribution in [2.24, 2.45) is 4.99 Å². The number of aryl methyl sites for hydroxylation is 1. The van der Waals surface area contributed by atoms with Gasteiger partial charge in [-0.3, -0.25) is 4.99 Å². The first-order valence-electron chi connectivity index (χ1n) is 10.6. The Morgan fingerprint density at radius 2 is 1.61 bits per heavy atom. The molecular formula is C22H40IN5. The molecule has 6 heteroatoms. The molecule has 1 fully saturated rings. The quantitative estimate of drug-likeness (QED) is 0.244. The van der Waals surface area contributed by atoms with Crippen molar-refractivity contribution < 1.29 is 0 Å². The van der Waals surface area contributed by atoms with Crippen LogP contribution in [0.25, 0.3) is 0 Å². The van der Waals surface area contributed by atoms with Gasteiger partial charge in [-0.15, -0.1) is 24.0 Å². The smallest absolute Gasteiger partial charge is 0.193 e. The molecule has 0 aliphatic carbocycles. The number of nitrogens with zero attached hydrogens (tertiary/aromatic N) is 4. The Kier molecular flexibility index (Phi) is 12.7. The topological polar surface area (TPSA) is 34.1 Å². The van der Waals surface area contributed by atoms with Crippen molar-refractivity contribution in [3.05, 3.63) is 35.4 Å². The number of piperazine rings is 1. The van der Waals surface area contributed by atoms with Gasteiger partial charge in [-0.05, 0) is 43.5 Å². The van der Waals surface area contributed by atoms with Crippen LogP contribution >= 0.6 is 24.0 Å². The van der Waals surface area contributed by atoms with Crippen LogP contribution < -0.4 is 5.32 Å². The molecule has 5 nitrogen and oxygen atoms in total. The van der Waals surface area contributed by atoms with Crippen molar-refractivity contribution in [2.75, 3.05) is 59.9 Å². The van der Waals surface area contributed by atoms with Crippen molar-refractivity contribution in [1.82, 2.24) is 20.0 Å². The number of rotatable bonds is 9. The van der Waals surface area contributed by atoms with E-state index in [1.165, 1.54) is 63.2 Å². The Bertz CT molecular complexity index is 553. The van der Waals surface area contributed by atoms with E-state index in [0.717, 1.165) is 25.5 Å². The molecule has 1 aliphatic heterocycles. The molecule has 0 amide bonds. The standard InChI is InChI=1S/C22H39N5.HI/c1-5-20-9-11-21(12-10-20)19-25(4)22(23-3)24-13-7-8-14-27-17-15-26(6-2)16-18-27;/h9-12H,5-8,13-19H2,1-4H3,(H,23,24);1H. The number of hydrogen-bond donors (Lipinski definition) is 1. The average molecular weight is 502 g/mol. The predicted octanol–water partition coefficient (Wildman–Crippen LogP) is 3.29. The van der Waals surface area contributed by atoms with Crippen LogP contribution in [-0.4, -0.2) is 80.6 Å². The molecule has 1 N–H and O–H groups in total. The van der Waals surface area contributed by atoms with Gasteiger partial charge in [-0.2, -0.15) is 0 Å². The summed E-state index contributed by atoms with van der Waals surface area (Å²) in [5.74, 6) is 0.978. The van der Waals surface area contributed by atoms with Gasteiger partial charge in [0.25, 0.3) is 0 Å². The monoisotopic (exact) mass is 501 g/mol. The third kappa shape index (κ3) is 8.66. The molecule has 0 bridgehead atoms. The minimum Gasteiger partial charge on any atom is -0.356 e. The summed E-state index contributed by atoms with van der Waals surface area (Å²) in [6.07, 6.45) is 3.53. The second-order valence-corrected chi connectivity index (χ2v) is 7.48. The minimum atomic E-state index is 0. The number of guanidine groups is 1. The first kappa shape index (κ1) is 25.2. The lowest BCUT2D eigenvalue weighted by molar-refractivity contribution is 0.136. The normalized spacial score (nSPS) is 15.9. The Hall–Kier alpha value is -0.860. The van der Waals surface area contributed by atoms with Gasteiger partial charge in [0.1, 0.15) is 0 Å². The highest BCUT2D eigenvalue weighted by Crippen LogP contribution is 2.08. The lowest BCUT2D eigenvalue weighted by Gasteiger charge is -2.34. The van der Waals surface area contributed by atoms with Crippen LogP contribution in [0.1, 0.15) is 37.8 Å². The van der Waals surface area contributed by atoms with Crippen LogP contribution in [-0.2, 0) is 13.0 Å². The van der Waals surface area contributed by atoms with Gasteiger partial charge in [0.05, 0.1) is 0 Å². The molecule has 1 aromatic rings. The van der Waals surface area contributed by atoms with Gasteiger partial charge in [0, 0.05) is 53.4 Å². The van der Waals surface area contributed by atoms with Crippen LogP contribution in [0.3, 0.4) is 0 Å². The first-order chi connectivity index (χ1) is 13.2. The zero-order chi connectivity index (χ0) is 19.5. The van der Waals surface area contributed by atoms with Crippen molar-refractivity contribution in [1.29, 1.82) is 0 Å². The van der Waals surface area contributed by atoms with Gasteiger partial charge in [-0.25, -0.2) is 0 Å². The average Bonchev–Trinajstić information content (AvgIpc) is 2.71. The maximum absolute atomic E-state index is 4.44. The summed E-state index contributed by atoms with van der Waals surface area (Å²) >= 11 is 0. The zero-order valence-electron chi connectivity index (χ0n) is 18.3. The SMILES string of the molecule is CCc1ccc(CN(C)C(=NC)NCCCCN2CCN(CC)CC2)cc1.I. The number of benzene rings is 1. The summed E-state index contributed by atoms with van der Waals surface area (Å²) in [4.78, 5) is 11.8. The molecule has 1 aromatic carbocycles. The molecule has 28 heavy (non-hydrogen) atoms. The van der Waals surface area contributed by atoms with Crippen LogP contribution in [0.5, 0.6) is 0 Å². The lowest BCUT2D eigenvalue weighted by Crippen LogP contribution is -2.46. The molecule has 0 radical (unpaired) electrons. The zero-order valence-corrected chi connectivity index (χ0v) is 20.6. The van der Waals surface area contributed by atoms with E-state index in [2.05, 4.69) is 70.2 Å². The van der Waals surface area contributed by atoms with E-state index in [-0.39, 0.29) is 24.0 Å². The van der Waals surface area contributed by atoms with Crippen molar-refractivity contribution in [3.63, 3.8) is 0 Å². The van der Waals surface area contributed by atoms with E-state index >= 15 is 0 Å². The van der Waals surface area contributed by atoms with E-state index in [4.69, 9.17) is 0 Å². The Balaban J connectivity index is 0.00000392. The van der Waals surface area contributed by atoms with Crippen molar-refractivity contribution in [3.8, 4) is 0 Å². The summed E-state index contributed by atoms with van der Waals surface area (Å²) in [7, 11) is 3.97. The summed E-state index contributed by atoms with van der Waals surface area (Å²) in [5.41, 5.74) is 2.71. The maximum atomic E-state index is 4.44. The van der Waals surface area contributed by atoms with Crippen molar-refractivity contribution >= 4 is 29.9 Å². The number of hydrogen-bond acceptors (Lipinski definition) is 3. The summed E-state index contributed by atoms with van der Waals surface area (Å²) in [6.45, 7) is 13.6. The van der Waals surface area contributed by atoms with Crippen molar-refractivity contribution in [2.45, 2.75) is 39.7 Å². The molecule has 0 atom stereocenters. The minimum absolute atomic E-state index is 0. The fraction of sp³-hybridized carbons (Fsp3) is 0.682. The first-order valence-corrected chi connectivity index (χ1v) is 10.6. The second-order valence-electron chi connectivity index (χ2n) is 7.48. The third-order valence-corrected chi connectivity index (χ3v) is 5.52. The molecule has 2 rings (SSSR count). The van der Waals surface area contributed by atoms with E-state index < -0.39 is 0 Å². The fourth-order valence-electron chi connectivity index (χ4n) is 3.60. The van der Waals surface area contributed by atoms with Gasteiger partial charge in [0.2, 0.25) is 0 Å². The molecule has 0 saturated carbocycles. The van der Waals surface area contributed by atoms with E-state index in [1.807, 2.05) is 7.05 Å². The highest BCUT2D eigenvalue weighted by molar-refractivity contribution is 14.0. The summed E-state index contributed by atoms with van der Waals surface area (Å²) < 4.78 is 0. The van der Waals surface area contributed by atoms with E-state index in [9.17, 15) is 0 Å². The second kappa shape index (κ2) is 14.2. The summed E-state index contributed by atoms with van der Waals surface area (Å²) in [5, 5.41) is 3.52. The van der Waals surface area contributed by atoms with Gasteiger partial charge in [-0.1, -0.05) is 38.1 Å². The summed E-state index contributed by atoms with van der Waals surface area (Å²) in [6, 6.07) is 8.89.